The second kappa shape index (κ2) is 7.29. The first kappa shape index (κ1) is 14.9. The summed E-state index contributed by atoms with van der Waals surface area (Å²) in [5.41, 5.74) is 1.46. The van der Waals surface area contributed by atoms with Gasteiger partial charge in [0.05, 0.1) is 18.3 Å². The summed E-state index contributed by atoms with van der Waals surface area (Å²) in [6.45, 7) is 5.12. The molecule has 2 unspecified atom stereocenters. The van der Waals surface area contributed by atoms with Crippen molar-refractivity contribution >= 4 is 11.7 Å². The van der Waals surface area contributed by atoms with Crippen molar-refractivity contribution in [1.82, 2.24) is 0 Å². The smallest absolute Gasteiger partial charge is 0.340 e. The quantitative estimate of drug-likeness (QED) is 0.839. The molecule has 1 aliphatic heterocycles. The van der Waals surface area contributed by atoms with E-state index in [9.17, 15) is 4.79 Å². The minimum Gasteiger partial charge on any atom is -0.462 e. The van der Waals surface area contributed by atoms with Gasteiger partial charge < -0.3 is 14.8 Å². The number of hydrogen-bond acceptors (Lipinski definition) is 4. The molecule has 0 spiro atoms. The number of ether oxygens (including phenoxy) is 2. The maximum absolute atomic E-state index is 11.9. The van der Waals surface area contributed by atoms with Crippen molar-refractivity contribution in [2.45, 2.75) is 45.3 Å². The molecule has 2 atom stereocenters. The predicted octanol–water partition coefficient (Wildman–Crippen LogP) is 3.23. The lowest BCUT2D eigenvalue weighted by molar-refractivity contribution is 0.00924. The van der Waals surface area contributed by atoms with E-state index in [0.717, 1.165) is 31.6 Å². The zero-order chi connectivity index (χ0) is 14.4. The first-order valence-electron chi connectivity index (χ1n) is 7.38. The van der Waals surface area contributed by atoms with Crippen molar-refractivity contribution in [1.29, 1.82) is 0 Å². The first-order chi connectivity index (χ1) is 9.74. The van der Waals surface area contributed by atoms with Crippen LogP contribution in [0.5, 0.6) is 0 Å². The molecule has 1 N–H and O–H groups in total. The Morgan fingerprint density at radius 1 is 1.40 bits per heavy atom. The summed E-state index contributed by atoms with van der Waals surface area (Å²) in [5.74, 6) is -0.269. The molecule has 1 aliphatic rings. The highest BCUT2D eigenvalue weighted by molar-refractivity contribution is 5.95. The zero-order valence-corrected chi connectivity index (χ0v) is 12.2. The molecule has 0 aromatic heterocycles. The van der Waals surface area contributed by atoms with Gasteiger partial charge in [0.2, 0.25) is 0 Å². The van der Waals surface area contributed by atoms with E-state index in [1.54, 1.807) is 6.07 Å². The van der Waals surface area contributed by atoms with Crippen molar-refractivity contribution in [3.8, 4) is 0 Å². The zero-order valence-electron chi connectivity index (χ0n) is 12.2. The van der Waals surface area contributed by atoms with Crippen LogP contribution in [0, 0.1) is 0 Å². The van der Waals surface area contributed by atoms with Crippen LogP contribution in [0.1, 0.15) is 43.5 Å². The van der Waals surface area contributed by atoms with Crippen LogP contribution in [-0.2, 0) is 9.47 Å². The van der Waals surface area contributed by atoms with Crippen molar-refractivity contribution in [3.05, 3.63) is 29.8 Å². The Balaban J connectivity index is 2.07. The predicted molar refractivity (Wildman–Crippen MR) is 79.1 cm³/mol. The van der Waals surface area contributed by atoms with Crippen LogP contribution >= 0.6 is 0 Å². The van der Waals surface area contributed by atoms with E-state index in [-0.39, 0.29) is 5.97 Å². The number of para-hydroxylation sites is 1. The van der Waals surface area contributed by atoms with Crippen LogP contribution in [0.2, 0.25) is 0 Å². The molecule has 1 aromatic carbocycles. The van der Waals surface area contributed by atoms with Crippen LogP contribution in [0.25, 0.3) is 0 Å². The largest absolute Gasteiger partial charge is 0.462 e. The van der Waals surface area contributed by atoms with E-state index >= 15 is 0 Å². The van der Waals surface area contributed by atoms with Crippen molar-refractivity contribution in [2.24, 2.45) is 0 Å². The fraction of sp³-hybridized carbons (Fsp3) is 0.562. The molecule has 1 fully saturated rings. The molecule has 20 heavy (non-hydrogen) atoms. The van der Waals surface area contributed by atoms with E-state index in [2.05, 4.69) is 12.2 Å². The van der Waals surface area contributed by atoms with Gasteiger partial charge in [0.15, 0.2) is 0 Å². The van der Waals surface area contributed by atoms with E-state index in [0.29, 0.717) is 24.3 Å². The van der Waals surface area contributed by atoms with Gasteiger partial charge in [-0.05, 0) is 38.3 Å². The minimum atomic E-state index is -0.269. The van der Waals surface area contributed by atoms with E-state index in [1.165, 1.54) is 0 Å². The van der Waals surface area contributed by atoms with Crippen LogP contribution in [0.3, 0.4) is 0 Å². The van der Waals surface area contributed by atoms with Gasteiger partial charge in [-0.2, -0.15) is 0 Å². The van der Waals surface area contributed by atoms with Gasteiger partial charge in [-0.1, -0.05) is 19.1 Å². The summed E-state index contributed by atoms with van der Waals surface area (Å²) in [5, 5.41) is 3.47. The summed E-state index contributed by atoms with van der Waals surface area (Å²) in [7, 11) is 0. The molecule has 4 heteroatoms. The molecule has 2 rings (SSSR count). The number of esters is 1. The van der Waals surface area contributed by atoms with Gasteiger partial charge in [-0.25, -0.2) is 4.79 Å². The van der Waals surface area contributed by atoms with Gasteiger partial charge in [0.25, 0.3) is 0 Å². The number of benzene rings is 1. The highest BCUT2D eigenvalue weighted by atomic mass is 16.5. The van der Waals surface area contributed by atoms with Crippen LogP contribution in [-0.4, -0.2) is 31.3 Å². The Kier molecular flexibility index (Phi) is 5.41. The van der Waals surface area contributed by atoms with E-state index in [1.807, 2.05) is 25.1 Å². The first-order valence-corrected chi connectivity index (χ1v) is 7.38. The third-order valence-electron chi connectivity index (χ3n) is 3.60. The van der Waals surface area contributed by atoms with Crippen LogP contribution in [0.4, 0.5) is 5.69 Å². The molecule has 0 bridgehead atoms. The molecule has 1 saturated heterocycles. The average molecular weight is 277 g/mol. The third-order valence-corrected chi connectivity index (χ3v) is 3.60. The van der Waals surface area contributed by atoms with Crippen molar-refractivity contribution in [2.75, 3.05) is 18.5 Å². The van der Waals surface area contributed by atoms with Crippen molar-refractivity contribution in [3.63, 3.8) is 0 Å². The van der Waals surface area contributed by atoms with Gasteiger partial charge in [-0.15, -0.1) is 0 Å². The molecule has 4 nitrogen and oxygen atoms in total. The molecule has 0 amide bonds. The maximum Gasteiger partial charge on any atom is 0.340 e. The summed E-state index contributed by atoms with van der Waals surface area (Å²) in [4.78, 5) is 11.9. The molecule has 0 aliphatic carbocycles. The number of rotatable bonds is 5. The Labute approximate surface area is 120 Å². The number of nitrogens with one attached hydrogen (secondary N) is 1. The third kappa shape index (κ3) is 3.73. The number of carbonyl (C=O) groups is 1. The molecular weight excluding hydrogens is 254 g/mol. The maximum atomic E-state index is 11.9. The van der Waals surface area contributed by atoms with E-state index < -0.39 is 0 Å². The fourth-order valence-electron chi connectivity index (χ4n) is 2.51. The summed E-state index contributed by atoms with van der Waals surface area (Å²) in [6.07, 6.45) is 3.29. The normalized spacial score (nSPS) is 22.3. The highest BCUT2D eigenvalue weighted by Gasteiger charge is 2.22. The SMILES string of the molecule is CCOC(=O)c1ccccc1NC1CCOC(CC)C1. The van der Waals surface area contributed by atoms with Crippen LogP contribution < -0.4 is 5.32 Å². The lowest BCUT2D eigenvalue weighted by atomic mass is 10.0. The average Bonchev–Trinajstić information content (AvgIpc) is 2.48. The molecule has 0 saturated carbocycles. The minimum absolute atomic E-state index is 0.269. The number of anilines is 1. The highest BCUT2D eigenvalue weighted by Crippen LogP contribution is 2.23. The van der Waals surface area contributed by atoms with Crippen molar-refractivity contribution < 1.29 is 14.3 Å². The van der Waals surface area contributed by atoms with Gasteiger partial charge >= 0.3 is 5.97 Å². The number of carbonyl (C=O) groups excluding carboxylic acids is 1. The standard InChI is InChI=1S/C16H23NO3/c1-3-13-11-12(9-10-20-13)17-15-8-6-5-7-14(15)16(18)19-4-2/h5-8,12-13,17H,3-4,9-11H2,1-2H3. The lowest BCUT2D eigenvalue weighted by Gasteiger charge is -2.30. The molecular formula is C16H23NO3. The topological polar surface area (TPSA) is 47.6 Å². The summed E-state index contributed by atoms with van der Waals surface area (Å²) >= 11 is 0. The fourth-order valence-corrected chi connectivity index (χ4v) is 2.51. The second-order valence-electron chi connectivity index (χ2n) is 5.03. The summed E-state index contributed by atoms with van der Waals surface area (Å²) in [6, 6.07) is 7.88. The molecule has 1 heterocycles. The van der Waals surface area contributed by atoms with Crippen LogP contribution in [0.15, 0.2) is 24.3 Å². The summed E-state index contributed by atoms with van der Waals surface area (Å²) < 4.78 is 10.8. The Morgan fingerprint density at radius 3 is 2.95 bits per heavy atom. The number of hydrogen-bond donors (Lipinski definition) is 1. The van der Waals surface area contributed by atoms with Gasteiger partial charge in [0, 0.05) is 18.3 Å². The van der Waals surface area contributed by atoms with Gasteiger partial charge in [0.1, 0.15) is 0 Å². The molecule has 1 aromatic rings. The molecule has 110 valence electrons. The lowest BCUT2D eigenvalue weighted by Crippen LogP contribution is -2.34. The van der Waals surface area contributed by atoms with Gasteiger partial charge in [-0.3, -0.25) is 0 Å². The Morgan fingerprint density at radius 2 is 2.20 bits per heavy atom. The molecule has 0 radical (unpaired) electrons. The Hall–Kier alpha value is -1.55. The second-order valence-corrected chi connectivity index (χ2v) is 5.03. The monoisotopic (exact) mass is 277 g/mol. The van der Waals surface area contributed by atoms with E-state index in [4.69, 9.17) is 9.47 Å². The Bertz CT molecular complexity index is 447.